The monoisotopic (exact) mass is 436 g/mol. The Morgan fingerprint density at radius 1 is 1.00 bits per heavy atom. The second-order valence-corrected chi connectivity index (χ2v) is 7.49. The number of carbonyl (C=O) groups excluding carboxylic acids is 1. The lowest BCUT2D eigenvalue weighted by atomic mass is 9.83. The highest BCUT2D eigenvalue weighted by atomic mass is 19.1. The molecule has 0 saturated heterocycles. The quantitative estimate of drug-likeness (QED) is 0.549. The first-order valence-corrected chi connectivity index (χ1v) is 10.3. The first kappa shape index (κ1) is 21.5. The van der Waals surface area contributed by atoms with Crippen LogP contribution in [-0.4, -0.2) is 27.2 Å². The van der Waals surface area contributed by atoms with Gasteiger partial charge in [-0.2, -0.15) is 0 Å². The Balaban J connectivity index is 1.77. The van der Waals surface area contributed by atoms with E-state index in [0.29, 0.717) is 40.6 Å². The van der Waals surface area contributed by atoms with Crippen LogP contribution in [0.3, 0.4) is 0 Å². The summed E-state index contributed by atoms with van der Waals surface area (Å²) in [6, 6.07) is 16.5. The van der Waals surface area contributed by atoms with Crippen molar-refractivity contribution in [1.82, 2.24) is 0 Å². The SMILES string of the molecule is COc1cc2c(c(OC)c1OC)C(c1cc(NCc3ccccc3)ccc1F)CC(=O)N2. The van der Waals surface area contributed by atoms with Gasteiger partial charge >= 0.3 is 0 Å². The highest BCUT2D eigenvalue weighted by Gasteiger charge is 2.34. The number of benzene rings is 3. The summed E-state index contributed by atoms with van der Waals surface area (Å²) >= 11 is 0. The van der Waals surface area contributed by atoms with E-state index in [9.17, 15) is 4.79 Å². The predicted octanol–water partition coefficient (Wildman–Crippen LogP) is 4.94. The minimum Gasteiger partial charge on any atom is -0.493 e. The number of nitrogens with one attached hydrogen (secondary N) is 2. The lowest BCUT2D eigenvalue weighted by Gasteiger charge is -2.30. The van der Waals surface area contributed by atoms with Crippen LogP contribution >= 0.6 is 0 Å². The molecule has 1 amide bonds. The molecule has 0 radical (unpaired) electrons. The minimum atomic E-state index is -0.549. The van der Waals surface area contributed by atoms with E-state index in [4.69, 9.17) is 14.2 Å². The maximum Gasteiger partial charge on any atom is 0.225 e. The third-order valence-electron chi connectivity index (χ3n) is 5.59. The van der Waals surface area contributed by atoms with Gasteiger partial charge in [0, 0.05) is 36.2 Å². The van der Waals surface area contributed by atoms with E-state index < -0.39 is 11.7 Å². The molecule has 1 heterocycles. The minimum absolute atomic E-state index is 0.0813. The third-order valence-corrected chi connectivity index (χ3v) is 5.59. The van der Waals surface area contributed by atoms with Gasteiger partial charge in [-0.05, 0) is 29.3 Å². The van der Waals surface area contributed by atoms with Crippen molar-refractivity contribution in [3.63, 3.8) is 0 Å². The highest BCUT2D eigenvalue weighted by molar-refractivity contribution is 5.97. The lowest BCUT2D eigenvalue weighted by Crippen LogP contribution is -2.25. The smallest absolute Gasteiger partial charge is 0.225 e. The summed E-state index contributed by atoms with van der Waals surface area (Å²) in [6.07, 6.45) is 0.0813. The second-order valence-electron chi connectivity index (χ2n) is 7.49. The Bertz CT molecular complexity index is 1130. The molecule has 0 bridgehead atoms. The average Bonchev–Trinajstić information content (AvgIpc) is 2.82. The van der Waals surface area contributed by atoms with Crippen molar-refractivity contribution < 1.29 is 23.4 Å². The van der Waals surface area contributed by atoms with Gasteiger partial charge in [0.15, 0.2) is 11.5 Å². The van der Waals surface area contributed by atoms with Gasteiger partial charge in [-0.3, -0.25) is 4.79 Å². The molecular formula is C25H25FN2O4. The summed E-state index contributed by atoms with van der Waals surface area (Å²) in [5.41, 5.74) is 3.45. The molecule has 3 aromatic rings. The molecule has 6 nitrogen and oxygen atoms in total. The summed E-state index contributed by atoms with van der Waals surface area (Å²) in [5.74, 6) is 0.0777. The summed E-state index contributed by atoms with van der Waals surface area (Å²) < 4.78 is 31.6. The largest absolute Gasteiger partial charge is 0.493 e. The molecule has 1 aliphatic rings. The van der Waals surface area contributed by atoms with Gasteiger partial charge in [0.2, 0.25) is 11.7 Å². The number of methoxy groups -OCH3 is 3. The van der Waals surface area contributed by atoms with Crippen LogP contribution in [0.15, 0.2) is 54.6 Å². The number of hydrogen-bond donors (Lipinski definition) is 2. The lowest BCUT2D eigenvalue weighted by molar-refractivity contribution is -0.116. The normalized spacial score (nSPS) is 14.9. The van der Waals surface area contributed by atoms with Crippen LogP contribution in [0.25, 0.3) is 0 Å². The molecule has 1 unspecified atom stereocenters. The van der Waals surface area contributed by atoms with Crippen molar-refractivity contribution >= 4 is 17.3 Å². The van der Waals surface area contributed by atoms with Gasteiger partial charge in [-0.25, -0.2) is 4.39 Å². The van der Waals surface area contributed by atoms with E-state index in [1.54, 1.807) is 18.2 Å². The van der Waals surface area contributed by atoms with Gasteiger partial charge < -0.3 is 24.8 Å². The molecule has 0 aromatic heterocycles. The summed E-state index contributed by atoms with van der Waals surface area (Å²) in [6.45, 7) is 0.599. The van der Waals surface area contributed by atoms with E-state index in [-0.39, 0.29) is 12.3 Å². The van der Waals surface area contributed by atoms with E-state index in [2.05, 4.69) is 10.6 Å². The first-order chi connectivity index (χ1) is 15.5. The molecule has 32 heavy (non-hydrogen) atoms. The van der Waals surface area contributed by atoms with E-state index in [1.807, 2.05) is 30.3 Å². The Kier molecular flexibility index (Phi) is 6.16. The van der Waals surface area contributed by atoms with Gasteiger partial charge in [0.1, 0.15) is 5.82 Å². The van der Waals surface area contributed by atoms with E-state index >= 15 is 4.39 Å². The molecule has 1 aliphatic heterocycles. The van der Waals surface area contributed by atoms with Crippen LogP contribution in [0.5, 0.6) is 17.2 Å². The molecule has 2 N–H and O–H groups in total. The van der Waals surface area contributed by atoms with Gasteiger partial charge in [0.05, 0.1) is 27.0 Å². The number of halogens is 1. The van der Waals surface area contributed by atoms with E-state index in [1.165, 1.54) is 27.4 Å². The number of ether oxygens (including phenoxy) is 3. The molecule has 4 rings (SSSR count). The number of fused-ring (bicyclic) bond motifs is 1. The molecule has 3 aromatic carbocycles. The number of anilines is 2. The molecule has 166 valence electrons. The van der Waals surface area contributed by atoms with Crippen molar-refractivity contribution in [3.05, 3.63) is 77.1 Å². The fourth-order valence-electron chi connectivity index (χ4n) is 4.10. The van der Waals surface area contributed by atoms with Crippen LogP contribution in [0.2, 0.25) is 0 Å². The van der Waals surface area contributed by atoms with Crippen LogP contribution in [0, 0.1) is 5.82 Å². The Morgan fingerprint density at radius 3 is 2.44 bits per heavy atom. The van der Waals surface area contributed by atoms with Gasteiger partial charge in [-0.15, -0.1) is 0 Å². The topological polar surface area (TPSA) is 68.8 Å². The maximum atomic E-state index is 15.0. The van der Waals surface area contributed by atoms with Crippen LogP contribution in [-0.2, 0) is 11.3 Å². The highest BCUT2D eigenvalue weighted by Crippen LogP contribution is 2.51. The van der Waals surface area contributed by atoms with Crippen molar-refractivity contribution in [3.8, 4) is 17.2 Å². The molecule has 7 heteroatoms. The van der Waals surface area contributed by atoms with Crippen LogP contribution < -0.4 is 24.8 Å². The molecule has 1 atom stereocenters. The Labute approximate surface area is 186 Å². The molecule has 0 saturated carbocycles. The second kappa shape index (κ2) is 9.18. The van der Waals surface area contributed by atoms with Gasteiger partial charge in [0.25, 0.3) is 0 Å². The fraction of sp³-hybridized carbons (Fsp3) is 0.240. The van der Waals surface area contributed by atoms with Crippen LogP contribution in [0.1, 0.15) is 29.0 Å². The zero-order valence-electron chi connectivity index (χ0n) is 18.2. The summed E-state index contributed by atoms with van der Waals surface area (Å²) in [4.78, 5) is 12.5. The third kappa shape index (κ3) is 4.06. The zero-order valence-corrected chi connectivity index (χ0v) is 18.2. The number of hydrogen-bond acceptors (Lipinski definition) is 5. The summed E-state index contributed by atoms with van der Waals surface area (Å²) in [5, 5.41) is 6.18. The standard InChI is InChI=1S/C25H25FN2O4/c1-30-21-13-20-23(25(32-3)24(21)31-2)18(12-22(29)28-20)17-11-16(9-10-19(17)26)27-14-15-7-5-4-6-8-15/h4-11,13,18,27H,12,14H2,1-3H3,(H,28,29). The Morgan fingerprint density at radius 2 is 1.75 bits per heavy atom. The predicted molar refractivity (Wildman–Crippen MR) is 121 cm³/mol. The Hall–Kier alpha value is -3.74. The molecular weight excluding hydrogens is 411 g/mol. The molecule has 0 aliphatic carbocycles. The van der Waals surface area contributed by atoms with Crippen molar-refractivity contribution in [1.29, 1.82) is 0 Å². The van der Waals surface area contributed by atoms with Crippen LogP contribution in [0.4, 0.5) is 15.8 Å². The number of carbonyl (C=O) groups is 1. The zero-order chi connectivity index (χ0) is 22.7. The summed E-state index contributed by atoms with van der Waals surface area (Å²) in [7, 11) is 4.53. The number of amides is 1. The first-order valence-electron chi connectivity index (χ1n) is 10.3. The van der Waals surface area contributed by atoms with Crippen molar-refractivity contribution in [2.45, 2.75) is 18.9 Å². The van der Waals surface area contributed by atoms with E-state index in [0.717, 1.165) is 11.3 Å². The number of rotatable bonds is 7. The average molecular weight is 436 g/mol. The molecule has 0 fully saturated rings. The van der Waals surface area contributed by atoms with Gasteiger partial charge in [-0.1, -0.05) is 30.3 Å². The molecule has 0 spiro atoms. The van der Waals surface area contributed by atoms with Crippen molar-refractivity contribution in [2.75, 3.05) is 32.0 Å². The fourth-order valence-corrected chi connectivity index (χ4v) is 4.10. The van der Waals surface area contributed by atoms with Crippen molar-refractivity contribution in [2.24, 2.45) is 0 Å². The maximum absolute atomic E-state index is 15.0.